The second-order valence-corrected chi connectivity index (χ2v) is 7.72. The van der Waals surface area contributed by atoms with Gasteiger partial charge in [-0.2, -0.15) is 0 Å². The van der Waals surface area contributed by atoms with Gasteiger partial charge in [-0.3, -0.25) is 4.90 Å². The molecule has 1 atom stereocenters. The maximum atomic E-state index is 11.7. The molecule has 1 amide bonds. The van der Waals surface area contributed by atoms with Gasteiger partial charge in [-0.1, -0.05) is 6.92 Å². The van der Waals surface area contributed by atoms with Crippen LogP contribution >= 0.6 is 11.3 Å². The molecular weight excluding hydrogens is 272 g/mol. The summed E-state index contributed by atoms with van der Waals surface area (Å²) in [6, 6.07) is 3.92. The van der Waals surface area contributed by atoms with Gasteiger partial charge in [0.25, 0.3) is 0 Å². The fraction of sp³-hybridized carbons (Fsp3) is 0.667. The molecule has 1 aromatic heterocycles. The maximum absolute atomic E-state index is 11.7. The molecule has 0 radical (unpaired) electrons. The van der Waals surface area contributed by atoms with Crippen molar-refractivity contribution in [3.63, 3.8) is 0 Å². The molecule has 3 fully saturated rings. The van der Waals surface area contributed by atoms with Crippen molar-refractivity contribution in [1.29, 1.82) is 0 Å². The van der Waals surface area contributed by atoms with E-state index in [1.807, 2.05) is 19.1 Å². The number of carbonyl (C=O) groups is 1. The van der Waals surface area contributed by atoms with Gasteiger partial charge < -0.3 is 10.0 Å². The number of hydrogen-bond acceptors (Lipinski definition) is 3. The molecule has 4 rings (SSSR count). The molecule has 0 saturated carbocycles. The maximum Gasteiger partial charge on any atom is 0.412 e. The van der Waals surface area contributed by atoms with Crippen molar-refractivity contribution in [3.05, 3.63) is 17.0 Å². The summed E-state index contributed by atoms with van der Waals surface area (Å²) in [6.45, 7) is 8.30. The third-order valence-corrected chi connectivity index (χ3v) is 5.92. The van der Waals surface area contributed by atoms with Crippen LogP contribution < -0.4 is 4.90 Å². The van der Waals surface area contributed by atoms with Gasteiger partial charge in [-0.25, -0.2) is 4.79 Å². The van der Waals surface area contributed by atoms with Crippen molar-refractivity contribution < 1.29 is 9.90 Å². The van der Waals surface area contributed by atoms with E-state index >= 15 is 0 Å². The van der Waals surface area contributed by atoms with Gasteiger partial charge in [0.05, 0.1) is 0 Å². The quantitative estimate of drug-likeness (QED) is 0.930. The summed E-state index contributed by atoms with van der Waals surface area (Å²) >= 11 is 1.56. The molecule has 0 aliphatic carbocycles. The fourth-order valence-corrected chi connectivity index (χ4v) is 4.63. The van der Waals surface area contributed by atoms with Crippen LogP contribution in [0.5, 0.6) is 0 Å². The predicted octanol–water partition coefficient (Wildman–Crippen LogP) is 3.27. The van der Waals surface area contributed by atoms with E-state index in [0.29, 0.717) is 12.5 Å². The lowest BCUT2D eigenvalue weighted by molar-refractivity contribution is -0.0114. The number of thiophene rings is 1. The van der Waals surface area contributed by atoms with Crippen LogP contribution in [0.1, 0.15) is 24.6 Å². The van der Waals surface area contributed by atoms with Gasteiger partial charge in [-0.15, -0.1) is 11.3 Å². The number of rotatable bonds is 3. The minimum Gasteiger partial charge on any atom is -0.465 e. The molecule has 3 saturated heterocycles. The molecule has 4 heterocycles. The Morgan fingerprint density at radius 1 is 1.50 bits per heavy atom. The van der Waals surface area contributed by atoms with Crippen LogP contribution in [0.2, 0.25) is 0 Å². The summed E-state index contributed by atoms with van der Waals surface area (Å²) in [5, 5.41) is 10.4. The predicted molar refractivity (Wildman–Crippen MR) is 81.7 cm³/mol. The van der Waals surface area contributed by atoms with Gasteiger partial charge in [0.15, 0.2) is 0 Å². The number of anilines is 1. The van der Waals surface area contributed by atoms with Gasteiger partial charge in [-0.05, 0) is 50.9 Å². The standard InChI is InChI=1S/C15H22N2O2S/c1-11-3-4-13(20-11)17(14(18)19)10-15(2)9-16-7-5-12(15)6-8-16/h3-4,12H,5-10H2,1-2H3,(H,18,19)/t15-/m0/s1. The first-order valence-corrected chi connectivity index (χ1v) is 8.09. The first-order valence-electron chi connectivity index (χ1n) is 7.27. The van der Waals surface area contributed by atoms with E-state index in [2.05, 4.69) is 11.8 Å². The van der Waals surface area contributed by atoms with Gasteiger partial charge in [0, 0.05) is 23.4 Å². The Hall–Kier alpha value is -1.07. The lowest BCUT2D eigenvalue weighted by Crippen LogP contribution is -2.57. The summed E-state index contributed by atoms with van der Waals surface area (Å²) in [7, 11) is 0. The van der Waals surface area contributed by atoms with E-state index in [4.69, 9.17) is 0 Å². The second-order valence-electron chi connectivity index (χ2n) is 6.46. The monoisotopic (exact) mass is 294 g/mol. The molecule has 20 heavy (non-hydrogen) atoms. The molecule has 5 heteroatoms. The minimum atomic E-state index is -0.829. The van der Waals surface area contributed by atoms with Crippen LogP contribution in [0.3, 0.4) is 0 Å². The molecule has 4 nitrogen and oxygen atoms in total. The highest BCUT2D eigenvalue weighted by atomic mass is 32.1. The zero-order chi connectivity index (χ0) is 14.3. The molecule has 2 bridgehead atoms. The largest absolute Gasteiger partial charge is 0.465 e. The average Bonchev–Trinajstić information content (AvgIpc) is 2.83. The summed E-state index contributed by atoms with van der Waals surface area (Å²) in [5.74, 6) is 0.662. The lowest BCUT2D eigenvalue weighted by Gasteiger charge is -2.52. The normalized spacial score (nSPS) is 32.3. The Bertz CT molecular complexity index is 508. The molecular formula is C15H22N2O2S. The van der Waals surface area contributed by atoms with E-state index in [0.717, 1.165) is 16.4 Å². The van der Waals surface area contributed by atoms with Crippen molar-refractivity contribution in [2.45, 2.75) is 26.7 Å². The van der Waals surface area contributed by atoms with E-state index in [1.54, 1.807) is 16.2 Å². The molecule has 3 aliphatic rings. The first-order chi connectivity index (χ1) is 9.48. The van der Waals surface area contributed by atoms with Crippen molar-refractivity contribution in [1.82, 2.24) is 4.90 Å². The van der Waals surface area contributed by atoms with E-state index in [9.17, 15) is 9.90 Å². The van der Waals surface area contributed by atoms with Crippen molar-refractivity contribution in [3.8, 4) is 0 Å². The zero-order valence-electron chi connectivity index (χ0n) is 12.1. The number of carboxylic acid groups (broad SMARTS) is 1. The van der Waals surface area contributed by atoms with Gasteiger partial charge >= 0.3 is 6.09 Å². The highest BCUT2D eigenvalue weighted by Gasteiger charge is 2.45. The number of aryl methyl sites for hydroxylation is 1. The molecule has 0 aromatic carbocycles. The third-order valence-electron chi connectivity index (χ3n) is 4.90. The smallest absolute Gasteiger partial charge is 0.412 e. The van der Waals surface area contributed by atoms with Crippen molar-refractivity contribution in [2.75, 3.05) is 31.1 Å². The molecule has 3 aliphatic heterocycles. The number of fused-ring (bicyclic) bond motifs is 3. The van der Waals surface area contributed by atoms with Gasteiger partial charge in [0.1, 0.15) is 5.00 Å². The lowest BCUT2D eigenvalue weighted by atomic mass is 9.67. The molecule has 0 unspecified atom stereocenters. The van der Waals surface area contributed by atoms with Gasteiger partial charge in [0.2, 0.25) is 0 Å². The number of amides is 1. The fourth-order valence-electron chi connectivity index (χ4n) is 3.77. The Morgan fingerprint density at radius 2 is 2.20 bits per heavy atom. The Balaban J connectivity index is 1.81. The Morgan fingerprint density at radius 3 is 2.65 bits per heavy atom. The molecule has 1 N–H and O–H groups in total. The van der Waals surface area contributed by atoms with Crippen LogP contribution in [-0.4, -0.2) is 42.3 Å². The number of piperidine rings is 3. The number of nitrogens with zero attached hydrogens (tertiary/aromatic N) is 2. The average molecular weight is 294 g/mol. The van der Waals surface area contributed by atoms with E-state index in [-0.39, 0.29) is 5.41 Å². The Labute approximate surface area is 124 Å². The molecule has 110 valence electrons. The van der Waals surface area contributed by atoms with Crippen LogP contribution in [0.25, 0.3) is 0 Å². The second kappa shape index (κ2) is 5.04. The summed E-state index contributed by atoms with van der Waals surface area (Å²) < 4.78 is 0. The SMILES string of the molecule is Cc1ccc(N(C[C@]2(C)CN3CCC2CC3)C(=O)O)s1. The number of hydrogen-bond donors (Lipinski definition) is 1. The Kier molecular flexibility index (Phi) is 3.50. The highest BCUT2D eigenvalue weighted by molar-refractivity contribution is 7.16. The van der Waals surface area contributed by atoms with Crippen LogP contribution in [-0.2, 0) is 0 Å². The van der Waals surface area contributed by atoms with Crippen LogP contribution in [0, 0.1) is 18.3 Å². The zero-order valence-corrected chi connectivity index (χ0v) is 12.9. The molecule has 1 aromatic rings. The minimum absolute atomic E-state index is 0.0901. The summed E-state index contributed by atoms with van der Waals surface area (Å²) in [5.41, 5.74) is 0.0901. The topological polar surface area (TPSA) is 43.8 Å². The van der Waals surface area contributed by atoms with Crippen molar-refractivity contribution >= 4 is 22.4 Å². The summed E-state index contributed by atoms with van der Waals surface area (Å²) in [4.78, 5) is 16.8. The van der Waals surface area contributed by atoms with Crippen LogP contribution in [0.15, 0.2) is 12.1 Å². The van der Waals surface area contributed by atoms with Crippen molar-refractivity contribution in [2.24, 2.45) is 11.3 Å². The van der Waals surface area contributed by atoms with E-state index < -0.39 is 6.09 Å². The first kappa shape index (κ1) is 13.9. The highest BCUT2D eigenvalue weighted by Crippen LogP contribution is 2.43. The third kappa shape index (κ3) is 2.44. The van der Waals surface area contributed by atoms with E-state index in [1.165, 1.54) is 25.9 Å². The van der Waals surface area contributed by atoms with Crippen LogP contribution in [0.4, 0.5) is 9.80 Å². The molecule has 0 spiro atoms. The summed E-state index contributed by atoms with van der Waals surface area (Å²) in [6.07, 6.45) is 1.60.